The first-order valence-corrected chi connectivity index (χ1v) is 20.7. The van der Waals surface area contributed by atoms with E-state index < -0.39 is 33.9 Å². The Balaban J connectivity index is 2.34. The highest BCUT2D eigenvalue weighted by Crippen LogP contribution is 2.49. The van der Waals surface area contributed by atoms with Crippen molar-refractivity contribution >= 4 is 16.1 Å². The fourth-order valence-electron chi connectivity index (χ4n) is 5.29. The molecule has 2 aliphatic rings. The molecule has 10 nitrogen and oxygen atoms in total. The lowest BCUT2D eigenvalue weighted by Gasteiger charge is -2.41. The normalized spacial score (nSPS) is 27.5. The molecule has 6 atom stereocenters. The van der Waals surface area contributed by atoms with Crippen LogP contribution in [0.5, 0.6) is 0 Å². The van der Waals surface area contributed by atoms with Crippen molar-refractivity contribution in [1.82, 2.24) is 0 Å². The molecule has 0 amide bonds. The smallest absolute Gasteiger partial charge is 0.414 e. The van der Waals surface area contributed by atoms with E-state index in [1.54, 1.807) is 13.8 Å². The Hall–Kier alpha value is -0.643. The highest BCUT2D eigenvalue weighted by Gasteiger charge is 2.54. The zero-order chi connectivity index (χ0) is 33.2. The molecule has 0 bridgehead atoms. The van der Waals surface area contributed by atoms with Gasteiger partial charge < -0.3 is 13.9 Å². The van der Waals surface area contributed by atoms with Crippen LogP contribution < -0.4 is 0 Å². The molecule has 0 aromatic carbocycles. The van der Waals surface area contributed by atoms with Gasteiger partial charge in [0.1, 0.15) is 6.10 Å². The molecule has 0 radical (unpaired) electrons. The van der Waals surface area contributed by atoms with Gasteiger partial charge >= 0.3 is 13.7 Å². The highest BCUT2D eigenvalue weighted by molar-refractivity contribution is 7.48. The molecule has 0 spiro atoms. The van der Waals surface area contributed by atoms with E-state index >= 15 is 0 Å². The molecule has 0 aromatic heterocycles. The lowest BCUT2D eigenvalue weighted by Crippen LogP contribution is -2.51. The van der Waals surface area contributed by atoms with Gasteiger partial charge in [0.25, 0.3) is 0 Å². The summed E-state index contributed by atoms with van der Waals surface area (Å²) in [6.45, 7) is 33.5. The lowest BCUT2D eigenvalue weighted by atomic mass is 9.91. The maximum absolute atomic E-state index is 13.0. The van der Waals surface area contributed by atoms with Crippen LogP contribution in [-0.2, 0) is 41.5 Å². The van der Waals surface area contributed by atoms with Crippen molar-refractivity contribution in [3.05, 3.63) is 24.1 Å². The first-order valence-electron chi connectivity index (χ1n) is 16.3. The fourth-order valence-corrected chi connectivity index (χ4v) is 7.87. The number of unbranched alkanes of at least 4 members (excludes halogenated alkanes) is 1. The highest BCUT2D eigenvalue weighted by atomic mass is 31.2. The quantitative estimate of drug-likeness (QED) is 0.0443. The molecular formula is C32H60NO9PSi. The van der Waals surface area contributed by atoms with Crippen LogP contribution in [0, 0.1) is 12.5 Å². The second kappa shape index (κ2) is 17.0. The summed E-state index contributed by atoms with van der Waals surface area (Å²) in [7, 11) is -5.84. The van der Waals surface area contributed by atoms with Crippen molar-refractivity contribution in [3.8, 4) is 0 Å². The second-order valence-corrected chi connectivity index (χ2v) is 20.3. The Bertz CT molecular complexity index is 972. The summed E-state index contributed by atoms with van der Waals surface area (Å²) in [6, 6.07) is 0. The monoisotopic (exact) mass is 661 g/mol. The molecule has 12 heteroatoms. The SMILES string of the molecule is [C-]#[N+]C1(OC(CCOP(=O)(OCC)OCC)C[C@H](CCCC=C)O[Si](C)(C)C(C)(C)C)CCC(C)C([C@H]2COC(C)(C)O2)O1. The standard InChI is InChI=1S/C32H60NO9PSi/c1-13-16-17-18-27(42-44(11,12)30(5,6)7)23-26(20-22-38-43(34,36-14-2)37-15-3)39-32(33-10)21-19-25(4)29(41-32)28-24-35-31(8,9)40-28/h13,25-29H,1,14-24H2,2-9,11-12H3/t25?,26?,27-,28+,29?,32?/m0/s1. The topological polar surface area (TPSA) is 95.3 Å². The van der Waals surface area contributed by atoms with Crippen LogP contribution in [0.3, 0.4) is 0 Å². The molecule has 0 aromatic rings. The van der Waals surface area contributed by atoms with Crippen molar-refractivity contribution in [3.63, 3.8) is 0 Å². The van der Waals surface area contributed by atoms with E-state index in [-0.39, 0.29) is 49.1 Å². The molecule has 0 N–H and O–H groups in total. The first kappa shape index (κ1) is 39.5. The third kappa shape index (κ3) is 11.9. The maximum Gasteiger partial charge on any atom is 0.474 e. The van der Waals surface area contributed by atoms with E-state index in [9.17, 15) is 4.57 Å². The van der Waals surface area contributed by atoms with Crippen LogP contribution in [0.2, 0.25) is 18.1 Å². The Kier molecular flexibility index (Phi) is 15.2. The third-order valence-corrected chi connectivity index (χ3v) is 14.9. The average Bonchev–Trinajstić information content (AvgIpc) is 3.28. The van der Waals surface area contributed by atoms with Crippen LogP contribution in [0.1, 0.15) is 100 Å². The number of ether oxygens (including phenoxy) is 4. The van der Waals surface area contributed by atoms with Crippen LogP contribution in [-0.4, -0.2) is 70.9 Å². The maximum atomic E-state index is 13.0. The molecule has 0 aliphatic carbocycles. The van der Waals surface area contributed by atoms with E-state index in [1.165, 1.54) is 0 Å². The van der Waals surface area contributed by atoms with E-state index in [1.807, 2.05) is 19.9 Å². The number of allylic oxidation sites excluding steroid dienone is 1. The molecule has 4 unspecified atom stereocenters. The van der Waals surface area contributed by atoms with E-state index in [4.69, 9.17) is 43.5 Å². The summed E-state index contributed by atoms with van der Waals surface area (Å²) in [6.07, 6.45) is 5.33. The van der Waals surface area contributed by atoms with Crippen molar-refractivity contribution in [2.45, 2.75) is 155 Å². The van der Waals surface area contributed by atoms with E-state index in [2.05, 4.69) is 52.2 Å². The van der Waals surface area contributed by atoms with Gasteiger partial charge in [-0.15, -0.1) is 6.58 Å². The second-order valence-electron chi connectivity index (χ2n) is 13.9. The van der Waals surface area contributed by atoms with Crippen LogP contribution in [0.15, 0.2) is 12.7 Å². The zero-order valence-corrected chi connectivity index (χ0v) is 30.9. The van der Waals surface area contributed by atoms with Crippen molar-refractivity contribution in [2.24, 2.45) is 5.92 Å². The van der Waals surface area contributed by atoms with Crippen LogP contribution in [0.4, 0.5) is 0 Å². The molecule has 256 valence electrons. The Morgan fingerprint density at radius 3 is 2.30 bits per heavy atom. The van der Waals surface area contributed by atoms with Crippen molar-refractivity contribution in [1.29, 1.82) is 0 Å². The molecule has 44 heavy (non-hydrogen) atoms. The van der Waals surface area contributed by atoms with Gasteiger partial charge in [0.15, 0.2) is 14.1 Å². The van der Waals surface area contributed by atoms with Gasteiger partial charge in [-0.2, -0.15) is 0 Å². The summed E-state index contributed by atoms with van der Waals surface area (Å²) in [5.41, 5.74) is 0. The Morgan fingerprint density at radius 2 is 1.77 bits per heavy atom. The molecule has 0 saturated carbocycles. The van der Waals surface area contributed by atoms with Crippen LogP contribution >= 0.6 is 7.82 Å². The molecule has 2 saturated heterocycles. The minimum atomic E-state index is -3.71. The Morgan fingerprint density at radius 1 is 1.11 bits per heavy atom. The summed E-state index contributed by atoms with van der Waals surface area (Å²) in [4.78, 5) is 3.94. The van der Waals surface area contributed by atoms with Gasteiger partial charge in [0, 0.05) is 6.10 Å². The number of hydrogen-bond donors (Lipinski definition) is 0. The number of phosphoric acid groups is 1. The molecule has 2 heterocycles. The Labute approximate surface area is 268 Å². The zero-order valence-electron chi connectivity index (χ0n) is 29.0. The summed E-state index contributed by atoms with van der Waals surface area (Å²) >= 11 is 0. The summed E-state index contributed by atoms with van der Waals surface area (Å²) in [5, 5.41) is 0.0233. The summed E-state index contributed by atoms with van der Waals surface area (Å²) in [5.74, 6) is -2.04. The minimum Gasteiger partial charge on any atom is -0.414 e. The van der Waals surface area contributed by atoms with E-state index in [0.29, 0.717) is 25.9 Å². The van der Waals surface area contributed by atoms with Crippen molar-refractivity contribution < 1.29 is 41.5 Å². The van der Waals surface area contributed by atoms with Gasteiger partial charge in [-0.25, -0.2) is 11.1 Å². The number of rotatable bonds is 19. The average molecular weight is 662 g/mol. The first-order chi connectivity index (χ1) is 20.4. The number of phosphoric ester groups is 1. The molecule has 2 rings (SSSR count). The lowest BCUT2D eigenvalue weighted by molar-refractivity contribution is -0.301. The fraction of sp³-hybridized carbons (Fsp3) is 0.906. The van der Waals surface area contributed by atoms with Gasteiger partial charge in [0.2, 0.25) is 0 Å². The third-order valence-electron chi connectivity index (χ3n) is 8.71. The van der Waals surface area contributed by atoms with Gasteiger partial charge in [-0.1, -0.05) is 33.8 Å². The van der Waals surface area contributed by atoms with E-state index in [0.717, 1.165) is 25.7 Å². The number of hydrogen-bond acceptors (Lipinski definition) is 9. The van der Waals surface area contributed by atoms with Gasteiger partial charge in [-0.3, -0.25) is 27.9 Å². The number of nitrogens with zero attached hydrogens (tertiary/aromatic N) is 1. The van der Waals surface area contributed by atoms with Crippen molar-refractivity contribution in [2.75, 3.05) is 26.4 Å². The molecule has 2 aliphatic heterocycles. The largest absolute Gasteiger partial charge is 0.474 e. The summed E-state index contributed by atoms with van der Waals surface area (Å²) < 4.78 is 61.5. The predicted octanol–water partition coefficient (Wildman–Crippen LogP) is 8.64. The van der Waals surface area contributed by atoms with Gasteiger partial charge in [0.05, 0.1) is 45.1 Å². The predicted molar refractivity (Wildman–Crippen MR) is 175 cm³/mol. The van der Waals surface area contributed by atoms with Gasteiger partial charge in [-0.05, 0) is 90.3 Å². The van der Waals surface area contributed by atoms with Crippen LogP contribution in [0.25, 0.3) is 4.85 Å². The molecule has 2 fully saturated rings. The molecular weight excluding hydrogens is 601 g/mol. The minimum absolute atomic E-state index is 0.0233.